The van der Waals surface area contributed by atoms with Crippen LogP contribution in [0.1, 0.15) is 37.4 Å². The molecular formula is C16H24Cl3F3N2. The second-order valence-corrected chi connectivity index (χ2v) is 6.64. The first-order valence-corrected chi connectivity index (χ1v) is 7.97. The van der Waals surface area contributed by atoms with Crippen LogP contribution in [0.25, 0.3) is 0 Å². The third-order valence-corrected chi connectivity index (χ3v) is 4.14. The molecule has 1 heterocycles. The molecule has 0 saturated carbocycles. The SMILES string of the molecule is CC(C)C[C@@H](c1cc(Cl)cc(C(F)(F)F)c1)N1CCNCC1.Cl.Cl. The van der Waals surface area contributed by atoms with Crippen molar-refractivity contribution in [3.63, 3.8) is 0 Å². The van der Waals surface area contributed by atoms with E-state index in [4.69, 9.17) is 11.6 Å². The Morgan fingerprint density at radius 1 is 1.12 bits per heavy atom. The van der Waals surface area contributed by atoms with E-state index in [1.165, 1.54) is 6.07 Å². The van der Waals surface area contributed by atoms with Crippen molar-refractivity contribution in [1.29, 1.82) is 0 Å². The monoisotopic (exact) mass is 406 g/mol. The molecule has 0 unspecified atom stereocenters. The van der Waals surface area contributed by atoms with Gasteiger partial charge in [0.1, 0.15) is 0 Å². The predicted octanol–water partition coefficient (Wildman–Crippen LogP) is 5.19. The summed E-state index contributed by atoms with van der Waals surface area (Å²) in [6, 6.07) is 3.89. The molecule has 1 aliphatic heterocycles. The Kier molecular flexibility index (Phi) is 9.99. The fourth-order valence-electron chi connectivity index (χ4n) is 2.90. The van der Waals surface area contributed by atoms with Crippen molar-refractivity contribution < 1.29 is 13.2 Å². The average Bonchev–Trinajstić information content (AvgIpc) is 2.44. The van der Waals surface area contributed by atoms with Gasteiger partial charge < -0.3 is 5.32 Å². The topological polar surface area (TPSA) is 15.3 Å². The Morgan fingerprint density at radius 2 is 1.71 bits per heavy atom. The maximum atomic E-state index is 13.0. The first-order valence-electron chi connectivity index (χ1n) is 7.60. The molecule has 8 heteroatoms. The lowest BCUT2D eigenvalue weighted by Crippen LogP contribution is -2.45. The van der Waals surface area contributed by atoms with Gasteiger partial charge in [-0.15, -0.1) is 24.8 Å². The maximum Gasteiger partial charge on any atom is 0.416 e. The molecule has 0 aromatic heterocycles. The van der Waals surface area contributed by atoms with Crippen LogP contribution in [0.3, 0.4) is 0 Å². The zero-order valence-corrected chi connectivity index (χ0v) is 16.1. The standard InChI is InChI=1S/C16H22ClF3N2.2ClH/c1-11(2)7-15(22-5-3-21-4-6-22)12-8-13(16(18,19)20)10-14(17)9-12;;/h8-11,15,21H,3-7H2,1-2H3;2*1H/t15-;;/m0../s1. The van der Waals surface area contributed by atoms with E-state index < -0.39 is 11.7 Å². The summed E-state index contributed by atoms with van der Waals surface area (Å²) in [5.41, 5.74) is -0.00526. The fourth-order valence-corrected chi connectivity index (χ4v) is 3.15. The molecule has 1 atom stereocenters. The number of hydrogen-bond donors (Lipinski definition) is 1. The van der Waals surface area contributed by atoms with E-state index in [9.17, 15) is 13.2 Å². The minimum Gasteiger partial charge on any atom is -0.314 e. The predicted molar refractivity (Wildman–Crippen MR) is 97.6 cm³/mol. The fraction of sp³-hybridized carbons (Fsp3) is 0.625. The number of piperazine rings is 1. The van der Waals surface area contributed by atoms with Gasteiger partial charge in [0.05, 0.1) is 5.56 Å². The smallest absolute Gasteiger partial charge is 0.314 e. The Bertz CT molecular complexity index is 504. The summed E-state index contributed by atoms with van der Waals surface area (Å²) in [5, 5.41) is 3.42. The molecule has 0 spiro atoms. The number of nitrogens with one attached hydrogen (secondary N) is 1. The van der Waals surface area contributed by atoms with Crippen LogP contribution < -0.4 is 5.32 Å². The highest BCUT2D eigenvalue weighted by atomic mass is 35.5. The largest absolute Gasteiger partial charge is 0.416 e. The molecule has 1 fully saturated rings. The summed E-state index contributed by atoms with van der Waals surface area (Å²) in [6.45, 7) is 7.58. The molecule has 140 valence electrons. The van der Waals surface area contributed by atoms with Crippen LogP contribution in [-0.4, -0.2) is 31.1 Å². The average molecular weight is 408 g/mol. The lowest BCUT2D eigenvalue weighted by Gasteiger charge is -2.36. The number of hydrogen-bond acceptors (Lipinski definition) is 2. The van der Waals surface area contributed by atoms with Gasteiger partial charge in [0.2, 0.25) is 0 Å². The van der Waals surface area contributed by atoms with Gasteiger partial charge in [-0.2, -0.15) is 13.2 Å². The molecule has 1 aliphatic rings. The van der Waals surface area contributed by atoms with Crippen molar-refractivity contribution in [2.45, 2.75) is 32.5 Å². The number of alkyl halides is 3. The van der Waals surface area contributed by atoms with E-state index in [1.807, 2.05) is 0 Å². The summed E-state index contributed by atoms with van der Waals surface area (Å²) < 4.78 is 39.1. The van der Waals surface area contributed by atoms with Crippen LogP contribution in [0.5, 0.6) is 0 Å². The normalized spacial score (nSPS) is 17.1. The molecule has 1 aromatic carbocycles. The van der Waals surface area contributed by atoms with Crippen LogP contribution in [-0.2, 0) is 6.18 Å². The summed E-state index contributed by atoms with van der Waals surface area (Å²) in [6.07, 6.45) is -3.55. The van der Waals surface area contributed by atoms with Gasteiger partial charge >= 0.3 is 6.18 Å². The number of nitrogens with zero attached hydrogens (tertiary/aromatic N) is 1. The minimum absolute atomic E-state index is 0. The Balaban J connectivity index is 0.00000264. The van der Waals surface area contributed by atoms with E-state index in [2.05, 4.69) is 24.1 Å². The molecule has 0 amide bonds. The molecule has 0 bridgehead atoms. The second-order valence-electron chi connectivity index (χ2n) is 6.20. The second kappa shape index (κ2) is 10.1. The van der Waals surface area contributed by atoms with E-state index in [-0.39, 0.29) is 35.9 Å². The number of benzene rings is 1. The third-order valence-electron chi connectivity index (χ3n) is 3.92. The highest BCUT2D eigenvalue weighted by molar-refractivity contribution is 6.30. The maximum absolute atomic E-state index is 13.0. The van der Waals surface area contributed by atoms with Crippen molar-refractivity contribution in [1.82, 2.24) is 10.2 Å². The summed E-state index contributed by atoms with van der Waals surface area (Å²) in [7, 11) is 0. The van der Waals surface area contributed by atoms with Crippen LogP contribution in [0.15, 0.2) is 18.2 Å². The van der Waals surface area contributed by atoms with Gasteiger partial charge in [0.15, 0.2) is 0 Å². The van der Waals surface area contributed by atoms with Crippen molar-refractivity contribution >= 4 is 36.4 Å². The Hall–Kier alpha value is -0.200. The molecule has 0 aliphatic carbocycles. The number of rotatable bonds is 4. The van der Waals surface area contributed by atoms with Crippen molar-refractivity contribution in [2.24, 2.45) is 5.92 Å². The Morgan fingerprint density at radius 3 is 2.21 bits per heavy atom. The van der Waals surface area contributed by atoms with Gasteiger partial charge in [-0.3, -0.25) is 4.90 Å². The van der Waals surface area contributed by atoms with Crippen LogP contribution >= 0.6 is 36.4 Å². The molecule has 1 aromatic rings. The molecule has 2 nitrogen and oxygen atoms in total. The lowest BCUT2D eigenvalue weighted by molar-refractivity contribution is -0.137. The highest BCUT2D eigenvalue weighted by Gasteiger charge is 2.32. The number of halogens is 6. The third kappa shape index (κ3) is 6.60. The highest BCUT2D eigenvalue weighted by Crippen LogP contribution is 2.36. The van der Waals surface area contributed by atoms with Crippen molar-refractivity contribution in [2.75, 3.05) is 26.2 Å². The quantitative estimate of drug-likeness (QED) is 0.738. The van der Waals surface area contributed by atoms with Crippen molar-refractivity contribution in [3.8, 4) is 0 Å². The first kappa shape index (κ1) is 23.8. The molecule has 1 saturated heterocycles. The first-order chi connectivity index (χ1) is 10.3. The lowest BCUT2D eigenvalue weighted by atomic mass is 9.93. The zero-order valence-electron chi connectivity index (χ0n) is 13.7. The molecule has 1 N–H and O–H groups in total. The minimum atomic E-state index is -4.37. The van der Waals surface area contributed by atoms with E-state index in [1.54, 1.807) is 6.07 Å². The van der Waals surface area contributed by atoms with Crippen molar-refractivity contribution in [3.05, 3.63) is 34.3 Å². The zero-order chi connectivity index (χ0) is 16.3. The van der Waals surface area contributed by atoms with Gasteiger partial charge in [0.25, 0.3) is 0 Å². The van der Waals surface area contributed by atoms with E-state index in [0.717, 1.165) is 38.7 Å². The molecule has 0 radical (unpaired) electrons. The van der Waals surface area contributed by atoms with Crippen LogP contribution in [0.4, 0.5) is 13.2 Å². The summed E-state index contributed by atoms with van der Waals surface area (Å²) in [4.78, 5) is 2.25. The van der Waals surface area contributed by atoms with Gasteiger partial charge in [-0.25, -0.2) is 0 Å². The van der Waals surface area contributed by atoms with Gasteiger partial charge in [-0.05, 0) is 36.1 Å². The van der Waals surface area contributed by atoms with Crippen LogP contribution in [0, 0.1) is 5.92 Å². The van der Waals surface area contributed by atoms with Crippen LogP contribution in [0.2, 0.25) is 5.02 Å². The van der Waals surface area contributed by atoms with E-state index >= 15 is 0 Å². The van der Waals surface area contributed by atoms with E-state index in [0.29, 0.717) is 11.5 Å². The summed E-state index contributed by atoms with van der Waals surface area (Å²) in [5.74, 6) is 0.396. The molecule has 24 heavy (non-hydrogen) atoms. The van der Waals surface area contributed by atoms with Gasteiger partial charge in [0, 0.05) is 37.2 Å². The van der Waals surface area contributed by atoms with Gasteiger partial charge in [-0.1, -0.05) is 25.4 Å². The molecule has 2 rings (SSSR count). The molecular weight excluding hydrogens is 384 g/mol. The summed E-state index contributed by atoms with van der Waals surface area (Å²) >= 11 is 5.94. The Labute approximate surface area is 158 Å².